The van der Waals surface area contributed by atoms with Gasteiger partial charge in [-0.2, -0.15) is 8.78 Å². The van der Waals surface area contributed by atoms with E-state index in [9.17, 15) is 17.6 Å². The first-order valence-electron chi connectivity index (χ1n) is 4.02. The lowest BCUT2D eigenvalue weighted by molar-refractivity contribution is -0.125. The highest BCUT2D eigenvalue weighted by Gasteiger charge is 2.39. The first kappa shape index (κ1) is 12.9. The van der Waals surface area contributed by atoms with Crippen molar-refractivity contribution in [3.8, 4) is 0 Å². The van der Waals surface area contributed by atoms with Crippen LogP contribution in [0.3, 0.4) is 0 Å². The fourth-order valence-electron chi connectivity index (χ4n) is 0.871. The Morgan fingerprint density at radius 3 is 2.60 bits per heavy atom. The van der Waals surface area contributed by atoms with Gasteiger partial charge in [0, 0.05) is 15.9 Å². The summed E-state index contributed by atoms with van der Waals surface area (Å²) in [7, 11) is 0. The summed E-state index contributed by atoms with van der Waals surface area (Å²) in [5.41, 5.74) is 0. The Kier molecular flexibility index (Phi) is 4.54. The number of alkyl halides is 4. The first-order valence-corrected chi connectivity index (χ1v) is 5.69. The zero-order chi connectivity index (χ0) is 11.5. The minimum absolute atomic E-state index is 0.153. The molecule has 1 rings (SSSR count). The number of rotatable bonds is 5. The van der Waals surface area contributed by atoms with Crippen LogP contribution in [0.15, 0.2) is 15.9 Å². The Morgan fingerprint density at radius 1 is 1.47 bits per heavy atom. The zero-order valence-corrected chi connectivity index (χ0v) is 9.85. The molecule has 0 unspecified atom stereocenters. The van der Waals surface area contributed by atoms with E-state index in [-0.39, 0.29) is 6.54 Å². The summed E-state index contributed by atoms with van der Waals surface area (Å²) in [5, 5.41) is 4.08. The molecule has 0 aliphatic heterocycles. The molecule has 0 amide bonds. The van der Waals surface area contributed by atoms with E-state index in [1.165, 1.54) is 11.3 Å². The molecule has 0 saturated heterocycles. The summed E-state index contributed by atoms with van der Waals surface area (Å²) >= 11 is 4.58. The van der Waals surface area contributed by atoms with Crippen LogP contribution in [0.25, 0.3) is 0 Å². The van der Waals surface area contributed by atoms with Crippen LogP contribution in [-0.2, 0) is 6.54 Å². The minimum atomic E-state index is -3.97. The van der Waals surface area contributed by atoms with Crippen molar-refractivity contribution in [1.29, 1.82) is 0 Å². The van der Waals surface area contributed by atoms with Crippen LogP contribution in [0.5, 0.6) is 0 Å². The average molecular weight is 306 g/mol. The highest BCUT2D eigenvalue weighted by atomic mass is 79.9. The molecule has 0 bridgehead atoms. The van der Waals surface area contributed by atoms with Gasteiger partial charge in [-0.3, -0.25) is 0 Å². The maximum Gasteiger partial charge on any atom is 0.319 e. The quantitative estimate of drug-likeness (QED) is 0.821. The molecule has 0 atom stereocenters. The van der Waals surface area contributed by atoms with Crippen molar-refractivity contribution < 1.29 is 17.6 Å². The number of halogens is 5. The summed E-state index contributed by atoms with van der Waals surface area (Å²) in [5.74, 6) is -3.97. The van der Waals surface area contributed by atoms with Gasteiger partial charge >= 0.3 is 12.3 Å². The highest BCUT2D eigenvalue weighted by molar-refractivity contribution is 9.10. The lowest BCUT2D eigenvalue weighted by Crippen LogP contribution is -2.38. The van der Waals surface area contributed by atoms with Gasteiger partial charge in [0.15, 0.2) is 0 Å². The van der Waals surface area contributed by atoms with E-state index in [1.807, 2.05) is 0 Å². The monoisotopic (exact) mass is 305 g/mol. The smallest absolute Gasteiger partial charge is 0.306 e. The van der Waals surface area contributed by atoms with Gasteiger partial charge in [-0.25, -0.2) is 8.78 Å². The van der Waals surface area contributed by atoms with Crippen molar-refractivity contribution in [3.63, 3.8) is 0 Å². The maximum absolute atomic E-state index is 12.5. The fraction of sp³-hybridized carbons (Fsp3) is 0.500. The molecule has 1 nitrogen and oxygen atoms in total. The molecular formula is C8H8BrF4NS. The van der Waals surface area contributed by atoms with Crippen molar-refractivity contribution in [2.75, 3.05) is 6.54 Å². The second kappa shape index (κ2) is 5.27. The van der Waals surface area contributed by atoms with E-state index >= 15 is 0 Å². The van der Waals surface area contributed by atoms with Gasteiger partial charge in [0.25, 0.3) is 0 Å². The van der Waals surface area contributed by atoms with E-state index in [1.54, 1.807) is 11.4 Å². The summed E-state index contributed by atoms with van der Waals surface area (Å²) < 4.78 is 49.2. The summed E-state index contributed by atoms with van der Waals surface area (Å²) in [6.07, 6.45) is -3.63. The molecule has 0 aromatic carbocycles. The maximum atomic E-state index is 12.5. The molecule has 1 aromatic rings. The van der Waals surface area contributed by atoms with Gasteiger partial charge in [-0.15, -0.1) is 11.3 Å². The van der Waals surface area contributed by atoms with E-state index in [0.717, 1.165) is 9.35 Å². The normalized spacial score (nSPS) is 12.4. The average Bonchev–Trinajstić information content (AvgIpc) is 2.51. The molecule has 15 heavy (non-hydrogen) atoms. The molecular weight excluding hydrogens is 298 g/mol. The van der Waals surface area contributed by atoms with Crippen LogP contribution in [0.1, 0.15) is 4.88 Å². The van der Waals surface area contributed by atoms with Crippen LogP contribution >= 0.6 is 27.3 Å². The summed E-state index contributed by atoms with van der Waals surface area (Å²) in [6.45, 7) is -0.866. The number of hydrogen-bond acceptors (Lipinski definition) is 2. The first-order chi connectivity index (χ1) is 6.93. The molecule has 1 aromatic heterocycles. The Labute approximate surface area is 96.6 Å². The largest absolute Gasteiger partial charge is 0.319 e. The SMILES string of the molecule is FC(F)C(F)(F)CNCc1sccc1Br. The second-order valence-corrected chi connectivity index (χ2v) is 4.71. The van der Waals surface area contributed by atoms with Gasteiger partial charge < -0.3 is 5.32 Å². The van der Waals surface area contributed by atoms with Crippen molar-refractivity contribution in [3.05, 3.63) is 20.8 Å². The van der Waals surface area contributed by atoms with Crippen LogP contribution < -0.4 is 5.32 Å². The van der Waals surface area contributed by atoms with Crippen molar-refractivity contribution >= 4 is 27.3 Å². The molecule has 7 heteroatoms. The Morgan fingerprint density at radius 2 is 2.13 bits per heavy atom. The third-order valence-corrected chi connectivity index (χ3v) is 3.58. The van der Waals surface area contributed by atoms with Crippen LogP contribution in [0.2, 0.25) is 0 Å². The van der Waals surface area contributed by atoms with E-state index in [2.05, 4.69) is 21.2 Å². The Hall–Kier alpha value is -0.140. The number of thiophene rings is 1. The lowest BCUT2D eigenvalue weighted by Gasteiger charge is -2.15. The van der Waals surface area contributed by atoms with E-state index in [0.29, 0.717) is 0 Å². The summed E-state index contributed by atoms with van der Waals surface area (Å²) in [6, 6.07) is 1.77. The molecule has 86 valence electrons. The number of nitrogens with one attached hydrogen (secondary N) is 1. The lowest BCUT2D eigenvalue weighted by atomic mass is 10.3. The van der Waals surface area contributed by atoms with Gasteiger partial charge in [0.2, 0.25) is 0 Å². The standard InChI is InChI=1S/C8H8BrF4NS/c9-5-1-2-15-6(5)3-14-4-8(12,13)7(10)11/h1-2,7,14H,3-4H2. The van der Waals surface area contributed by atoms with Crippen LogP contribution in [0, 0.1) is 0 Å². The molecule has 0 aliphatic carbocycles. The number of hydrogen-bond donors (Lipinski definition) is 1. The van der Waals surface area contributed by atoms with Gasteiger partial charge in [0.05, 0.1) is 6.54 Å². The van der Waals surface area contributed by atoms with E-state index in [4.69, 9.17) is 0 Å². The minimum Gasteiger partial charge on any atom is -0.306 e. The molecule has 0 aliphatic rings. The molecule has 0 radical (unpaired) electrons. The topological polar surface area (TPSA) is 12.0 Å². The zero-order valence-electron chi connectivity index (χ0n) is 7.44. The molecule has 0 fully saturated rings. The fourth-order valence-corrected chi connectivity index (χ4v) is 2.33. The predicted molar refractivity (Wildman–Crippen MR) is 54.7 cm³/mol. The van der Waals surface area contributed by atoms with Crippen LogP contribution in [-0.4, -0.2) is 18.9 Å². The second-order valence-electron chi connectivity index (χ2n) is 2.86. The highest BCUT2D eigenvalue weighted by Crippen LogP contribution is 2.24. The summed E-state index contributed by atoms with van der Waals surface area (Å²) in [4.78, 5) is 0.806. The van der Waals surface area contributed by atoms with Crippen LogP contribution in [0.4, 0.5) is 17.6 Å². The van der Waals surface area contributed by atoms with Gasteiger partial charge in [-0.05, 0) is 27.4 Å². The van der Waals surface area contributed by atoms with Gasteiger partial charge in [0.1, 0.15) is 0 Å². The van der Waals surface area contributed by atoms with Gasteiger partial charge in [-0.1, -0.05) is 0 Å². The third-order valence-electron chi connectivity index (χ3n) is 1.66. The van der Waals surface area contributed by atoms with Crippen molar-refractivity contribution in [2.45, 2.75) is 18.9 Å². The van der Waals surface area contributed by atoms with Crippen molar-refractivity contribution in [1.82, 2.24) is 5.32 Å². The molecule has 1 heterocycles. The molecule has 0 saturated carbocycles. The van der Waals surface area contributed by atoms with E-state index < -0.39 is 18.9 Å². The third kappa shape index (κ3) is 3.73. The predicted octanol–water partition coefficient (Wildman–Crippen LogP) is 3.50. The molecule has 0 spiro atoms. The molecule has 1 N–H and O–H groups in total. The van der Waals surface area contributed by atoms with Crippen molar-refractivity contribution in [2.24, 2.45) is 0 Å². The Balaban J connectivity index is 2.37. The Bertz CT molecular complexity index is 315.